The maximum atomic E-state index is 5.96. The van der Waals surface area contributed by atoms with Crippen molar-refractivity contribution in [2.45, 2.75) is 39.8 Å². The number of thiazole rings is 1. The maximum Gasteiger partial charge on any atom is 0.191 e. The molecule has 1 aromatic heterocycles. The molecule has 1 saturated carbocycles. The molecule has 0 unspecified atom stereocenters. The van der Waals surface area contributed by atoms with Crippen LogP contribution in [-0.2, 0) is 13.1 Å². The second-order valence-electron chi connectivity index (χ2n) is 6.39. The van der Waals surface area contributed by atoms with Crippen LogP contribution in [0.15, 0.2) is 29.3 Å². The molecule has 142 valence electrons. The van der Waals surface area contributed by atoms with Crippen molar-refractivity contribution in [1.82, 2.24) is 15.6 Å². The summed E-state index contributed by atoms with van der Waals surface area (Å²) in [6, 6.07) is 8.19. The number of aryl methyl sites for hydroxylation is 2. The summed E-state index contributed by atoms with van der Waals surface area (Å²) in [5.74, 6) is 2.48. The molecule has 0 radical (unpaired) electrons. The van der Waals surface area contributed by atoms with Gasteiger partial charge in [-0.05, 0) is 38.7 Å². The quantitative estimate of drug-likeness (QED) is 0.353. The first-order chi connectivity index (χ1) is 12.2. The van der Waals surface area contributed by atoms with E-state index < -0.39 is 0 Å². The van der Waals surface area contributed by atoms with E-state index in [0.29, 0.717) is 13.1 Å². The Bertz CT molecular complexity index is 723. The van der Waals surface area contributed by atoms with Crippen LogP contribution in [0.5, 0.6) is 5.75 Å². The molecule has 0 aliphatic heterocycles. The van der Waals surface area contributed by atoms with Gasteiger partial charge in [0.2, 0.25) is 0 Å². The lowest BCUT2D eigenvalue weighted by atomic mass is 10.2. The lowest BCUT2D eigenvalue weighted by Gasteiger charge is -2.14. The normalized spacial score (nSPS) is 13.9. The topological polar surface area (TPSA) is 58.5 Å². The first kappa shape index (κ1) is 21.0. The van der Waals surface area contributed by atoms with Gasteiger partial charge >= 0.3 is 0 Å². The summed E-state index contributed by atoms with van der Waals surface area (Å²) in [5.41, 5.74) is 2.25. The SMILES string of the molecule is CN=C(NCc1nc(C)c(C)s1)NCc1ccccc1OCC1CC1.I. The van der Waals surface area contributed by atoms with Crippen LogP contribution < -0.4 is 15.4 Å². The number of rotatable bonds is 7. The highest BCUT2D eigenvalue weighted by Gasteiger charge is 2.22. The molecule has 0 atom stereocenters. The van der Waals surface area contributed by atoms with E-state index in [4.69, 9.17) is 4.74 Å². The van der Waals surface area contributed by atoms with Crippen LogP contribution in [0.3, 0.4) is 0 Å². The number of nitrogens with zero attached hydrogens (tertiary/aromatic N) is 2. The number of halogens is 1. The fourth-order valence-electron chi connectivity index (χ4n) is 2.46. The van der Waals surface area contributed by atoms with Gasteiger partial charge in [0.25, 0.3) is 0 Å². The van der Waals surface area contributed by atoms with Gasteiger partial charge in [-0.2, -0.15) is 0 Å². The van der Waals surface area contributed by atoms with E-state index in [1.54, 1.807) is 18.4 Å². The van der Waals surface area contributed by atoms with Crippen LogP contribution in [0, 0.1) is 19.8 Å². The van der Waals surface area contributed by atoms with E-state index in [1.807, 2.05) is 25.1 Å². The lowest BCUT2D eigenvalue weighted by molar-refractivity contribution is 0.296. The van der Waals surface area contributed by atoms with E-state index >= 15 is 0 Å². The van der Waals surface area contributed by atoms with Gasteiger partial charge in [-0.1, -0.05) is 18.2 Å². The molecule has 1 aliphatic rings. The maximum absolute atomic E-state index is 5.96. The molecule has 2 N–H and O–H groups in total. The van der Waals surface area contributed by atoms with Gasteiger partial charge in [0.15, 0.2) is 5.96 Å². The van der Waals surface area contributed by atoms with E-state index in [2.05, 4.69) is 33.6 Å². The van der Waals surface area contributed by atoms with Crippen LogP contribution in [-0.4, -0.2) is 24.6 Å². The highest BCUT2D eigenvalue weighted by atomic mass is 127. The Morgan fingerprint density at radius 1 is 1.23 bits per heavy atom. The van der Waals surface area contributed by atoms with E-state index in [0.717, 1.165) is 40.5 Å². The third-order valence-corrected chi connectivity index (χ3v) is 5.37. The highest BCUT2D eigenvalue weighted by molar-refractivity contribution is 14.0. The third-order valence-electron chi connectivity index (χ3n) is 4.29. The third kappa shape index (κ3) is 6.12. The fourth-order valence-corrected chi connectivity index (χ4v) is 3.33. The number of ether oxygens (including phenoxy) is 1. The van der Waals surface area contributed by atoms with E-state index in [9.17, 15) is 0 Å². The zero-order valence-electron chi connectivity index (χ0n) is 15.5. The Morgan fingerprint density at radius 2 is 1.96 bits per heavy atom. The van der Waals surface area contributed by atoms with Crippen LogP contribution in [0.25, 0.3) is 0 Å². The molecule has 3 rings (SSSR count). The smallest absolute Gasteiger partial charge is 0.191 e. The molecule has 7 heteroatoms. The van der Waals surface area contributed by atoms with Crippen LogP contribution in [0.4, 0.5) is 0 Å². The molecule has 0 spiro atoms. The average Bonchev–Trinajstić information content (AvgIpc) is 3.39. The Labute approximate surface area is 176 Å². The molecular formula is C19H27IN4OS. The predicted octanol–water partition coefficient (Wildman–Crippen LogP) is 4.03. The van der Waals surface area contributed by atoms with Crippen molar-refractivity contribution in [3.8, 4) is 5.75 Å². The molecule has 26 heavy (non-hydrogen) atoms. The van der Waals surface area contributed by atoms with Crippen molar-refractivity contribution in [3.63, 3.8) is 0 Å². The van der Waals surface area contributed by atoms with Crippen molar-refractivity contribution >= 4 is 41.3 Å². The van der Waals surface area contributed by atoms with Crippen molar-refractivity contribution in [3.05, 3.63) is 45.4 Å². The number of hydrogen-bond donors (Lipinski definition) is 2. The Hall–Kier alpha value is -1.35. The Kier molecular flexibility index (Phi) is 8.15. The van der Waals surface area contributed by atoms with Crippen LogP contribution in [0.1, 0.15) is 34.0 Å². The lowest BCUT2D eigenvalue weighted by Crippen LogP contribution is -2.36. The van der Waals surface area contributed by atoms with E-state index in [1.165, 1.54) is 17.7 Å². The molecule has 0 bridgehead atoms. The second-order valence-corrected chi connectivity index (χ2v) is 7.68. The molecule has 1 aromatic carbocycles. The summed E-state index contributed by atoms with van der Waals surface area (Å²) >= 11 is 1.72. The zero-order valence-corrected chi connectivity index (χ0v) is 18.7. The summed E-state index contributed by atoms with van der Waals surface area (Å²) in [5, 5.41) is 7.75. The minimum atomic E-state index is 0. The molecule has 0 saturated heterocycles. The summed E-state index contributed by atoms with van der Waals surface area (Å²) < 4.78 is 5.96. The summed E-state index contributed by atoms with van der Waals surface area (Å²) in [6.45, 7) is 6.32. The number of hydrogen-bond acceptors (Lipinski definition) is 4. The standard InChI is InChI=1S/C19H26N4OS.HI/c1-13-14(2)25-18(23-13)11-22-19(20-3)21-10-16-6-4-5-7-17(16)24-12-15-8-9-15;/h4-7,15H,8-12H2,1-3H3,(H2,20,21,22);1H. The summed E-state index contributed by atoms with van der Waals surface area (Å²) in [7, 11) is 1.78. The first-order valence-electron chi connectivity index (χ1n) is 8.74. The summed E-state index contributed by atoms with van der Waals surface area (Å²) in [6.07, 6.45) is 2.60. The van der Waals surface area contributed by atoms with Gasteiger partial charge in [-0.15, -0.1) is 35.3 Å². The van der Waals surface area contributed by atoms with Gasteiger partial charge in [0, 0.05) is 24.0 Å². The predicted molar refractivity (Wildman–Crippen MR) is 119 cm³/mol. The van der Waals surface area contributed by atoms with Crippen LogP contribution >= 0.6 is 35.3 Å². The highest BCUT2D eigenvalue weighted by Crippen LogP contribution is 2.30. The number of para-hydroxylation sites is 1. The zero-order chi connectivity index (χ0) is 17.6. The Balaban J connectivity index is 0.00000243. The van der Waals surface area contributed by atoms with E-state index in [-0.39, 0.29) is 24.0 Å². The minimum Gasteiger partial charge on any atom is -0.493 e. The molecule has 0 amide bonds. The number of benzene rings is 1. The number of guanidine groups is 1. The molecule has 1 fully saturated rings. The van der Waals surface area contributed by atoms with Crippen molar-refractivity contribution < 1.29 is 4.74 Å². The first-order valence-corrected chi connectivity index (χ1v) is 9.55. The second kappa shape index (κ2) is 10.1. The van der Waals surface area contributed by atoms with Gasteiger partial charge in [-0.25, -0.2) is 4.98 Å². The van der Waals surface area contributed by atoms with Gasteiger partial charge in [0.1, 0.15) is 10.8 Å². The van der Waals surface area contributed by atoms with Crippen molar-refractivity contribution in [1.29, 1.82) is 0 Å². The van der Waals surface area contributed by atoms with Crippen molar-refractivity contribution in [2.24, 2.45) is 10.9 Å². The fraction of sp³-hybridized carbons (Fsp3) is 0.474. The van der Waals surface area contributed by atoms with Gasteiger partial charge in [-0.3, -0.25) is 4.99 Å². The number of aromatic nitrogens is 1. The van der Waals surface area contributed by atoms with Gasteiger partial charge < -0.3 is 15.4 Å². The molecule has 1 heterocycles. The Morgan fingerprint density at radius 3 is 2.62 bits per heavy atom. The van der Waals surface area contributed by atoms with Crippen LogP contribution in [0.2, 0.25) is 0 Å². The molecule has 5 nitrogen and oxygen atoms in total. The summed E-state index contributed by atoms with van der Waals surface area (Å²) in [4.78, 5) is 10.1. The monoisotopic (exact) mass is 486 g/mol. The molecule has 2 aromatic rings. The number of aliphatic imine (C=N–C) groups is 1. The molecule has 1 aliphatic carbocycles. The molecular weight excluding hydrogens is 459 g/mol. The number of nitrogens with one attached hydrogen (secondary N) is 2. The average molecular weight is 486 g/mol. The van der Waals surface area contributed by atoms with Gasteiger partial charge in [0.05, 0.1) is 18.8 Å². The van der Waals surface area contributed by atoms with Crippen molar-refractivity contribution in [2.75, 3.05) is 13.7 Å². The minimum absolute atomic E-state index is 0. The largest absolute Gasteiger partial charge is 0.493 e.